The molecule has 0 saturated heterocycles. The van der Waals surface area contributed by atoms with E-state index in [0.717, 1.165) is 17.2 Å². The van der Waals surface area contributed by atoms with Gasteiger partial charge in [-0.25, -0.2) is 4.98 Å². The molecule has 0 fully saturated rings. The summed E-state index contributed by atoms with van der Waals surface area (Å²) in [6, 6.07) is 7.44. The molecule has 2 aromatic rings. The Morgan fingerprint density at radius 3 is 2.62 bits per heavy atom. The first-order valence-electron chi connectivity index (χ1n) is 5.01. The average molecular weight is 215 g/mol. The first-order chi connectivity index (χ1) is 7.61. The number of nitrogens with zero attached hydrogens (tertiary/aromatic N) is 2. The fraction of sp³-hybridized carbons (Fsp3) is 0.167. The standard InChI is InChI=1S/C12H13N3O/c1-8-7-10(12(13)16)9(2)15(8)11-5-3-4-6-14-11/h3-7H,1-2H3,(H2,13,16). The van der Waals surface area contributed by atoms with E-state index >= 15 is 0 Å². The van der Waals surface area contributed by atoms with Gasteiger partial charge >= 0.3 is 0 Å². The average Bonchev–Trinajstić information content (AvgIpc) is 2.56. The fourth-order valence-corrected chi connectivity index (χ4v) is 1.85. The van der Waals surface area contributed by atoms with Crippen molar-refractivity contribution in [2.75, 3.05) is 0 Å². The highest BCUT2D eigenvalue weighted by molar-refractivity contribution is 5.94. The zero-order chi connectivity index (χ0) is 11.7. The zero-order valence-corrected chi connectivity index (χ0v) is 9.27. The van der Waals surface area contributed by atoms with Gasteiger partial charge in [0.05, 0.1) is 5.56 Å². The molecule has 2 aromatic heterocycles. The number of aryl methyl sites for hydroxylation is 1. The Hall–Kier alpha value is -2.10. The van der Waals surface area contributed by atoms with E-state index in [2.05, 4.69) is 4.98 Å². The van der Waals surface area contributed by atoms with Crippen molar-refractivity contribution in [3.8, 4) is 5.82 Å². The largest absolute Gasteiger partial charge is 0.366 e. The molecule has 0 aliphatic heterocycles. The lowest BCUT2D eigenvalue weighted by Crippen LogP contribution is -2.12. The van der Waals surface area contributed by atoms with Crippen LogP contribution >= 0.6 is 0 Å². The van der Waals surface area contributed by atoms with Crippen molar-refractivity contribution in [2.45, 2.75) is 13.8 Å². The highest BCUT2D eigenvalue weighted by atomic mass is 16.1. The molecule has 16 heavy (non-hydrogen) atoms. The second-order valence-electron chi connectivity index (χ2n) is 3.67. The predicted octanol–water partition coefficient (Wildman–Crippen LogP) is 1.59. The number of hydrogen-bond acceptors (Lipinski definition) is 2. The molecular formula is C12H13N3O. The van der Waals surface area contributed by atoms with Gasteiger partial charge in [0.1, 0.15) is 5.82 Å². The summed E-state index contributed by atoms with van der Waals surface area (Å²) in [5.41, 5.74) is 7.62. The molecule has 2 N–H and O–H groups in total. The minimum Gasteiger partial charge on any atom is -0.366 e. The molecule has 2 heterocycles. The van der Waals surface area contributed by atoms with Gasteiger partial charge in [-0.2, -0.15) is 0 Å². The van der Waals surface area contributed by atoms with Gasteiger partial charge in [-0.1, -0.05) is 6.07 Å². The van der Waals surface area contributed by atoms with Gasteiger partial charge in [0.2, 0.25) is 0 Å². The van der Waals surface area contributed by atoms with E-state index in [1.807, 2.05) is 36.6 Å². The zero-order valence-electron chi connectivity index (χ0n) is 9.27. The lowest BCUT2D eigenvalue weighted by Gasteiger charge is -2.07. The molecule has 1 amide bonds. The normalized spacial score (nSPS) is 10.4. The third-order valence-corrected chi connectivity index (χ3v) is 2.57. The van der Waals surface area contributed by atoms with Gasteiger partial charge in [-0.3, -0.25) is 4.79 Å². The molecule has 4 nitrogen and oxygen atoms in total. The van der Waals surface area contributed by atoms with Crippen LogP contribution in [0.1, 0.15) is 21.7 Å². The predicted molar refractivity (Wildman–Crippen MR) is 61.6 cm³/mol. The highest BCUT2D eigenvalue weighted by Gasteiger charge is 2.14. The van der Waals surface area contributed by atoms with Crippen molar-refractivity contribution in [1.29, 1.82) is 0 Å². The summed E-state index contributed by atoms with van der Waals surface area (Å²) in [6.45, 7) is 3.79. The van der Waals surface area contributed by atoms with E-state index in [1.165, 1.54) is 0 Å². The van der Waals surface area contributed by atoms with Crippen molar-refractivity contribution in [1.82, 2.24) is 9.55 Å². The highest BCUT2D eigenvalue weighted by Crippen LogP contribution is 2.18. The van der Waals surface area contributed by atoms with Crippen LogP contribution in [-0.2, 0) is 0 Å². The lowest BCUT2D eigenvalue weighted by molar-refractivity contribution is 0.0999. The summed E-state index contributed by atoms with van der Waals surface area (Å²) in [5.74, 6) is 0.389. The van der Waals surface area contributed by atoms with Gasteiger partial charge in [0, 0.05) is 17.6 Å². The van der Waals surface area contributed by atoms with Crippen LogP contribution in [0.5, 0.6) is 0 Å². The molecule has 82 valence electrons. The number of nitrogens with two attached hydrogens (primary N) is 1. The Morgan fingerprint density at radius 2 is 2.12 bits per heavy atom. The van der Waals surface area contributed by atoms with Crippen LogP contribution in [0.15, 0.2) is 30.5 Å². The van der Waals surface area contributed by atoms with E-state index in [-0.39, 0.29) is 0 Å². The summed E-state index contributed by atoms with van der Waals surface area (Å²) >= 11 is 0. The summed E-state index contributed by atoms with van der Waals surface area (Å²) in [7, 11) is 0. The molecule has 0 spiro atoms. The van der Waals surface area contributed by atoms with Crippen molar-refractivity contribution in [3.05, 3.63) is 47.4 Å². The van der Waals surface area contributed by atoms with E-state index in [4.69, 9.17) is 5.73 Å². The Balaban J connectivity index is 2.63. The van der Waals surface area contributed by atoms with E-state index in [9.17, 15) is 4.79 Å². The molecule has 0 aliphatic rings. The second-order valence-corrected chi connectivity index (χ2v) is 3.67. The number of rotatable bonds is 2. The van der Waals surface area contributed by atoms with Crippen molar-refractivity contribution >= 4 is 5.91 Å². The molecule has 0 saturated carbocycles. The van der Waals surface area contributed by atoms with E-state index in [1.54, 1.807) is 12.3 Å². The first kappa shape index (κ1) is 10.4. The number of amides is 1. The SMILES string of the molecule is Cc1cc(C(N)=O)c(C)n1-c1ccccn1. The third-order valence-electron chi connectivity index (χ3n) is 2.57. The number of primary amides is 1. The van der Waals surface area contributed by atoms with Gasteiger partial charge in [-0.05, 0) is 32.0 Å². The summed E-state index contributed by atoms with van der Waals surface area (Å²) in [5, 5.41) is 0. The number of aromatic nitrogens is 2. The van der Waals surface area contributed by atoms with Crippen LogP contribution in [-0.4, -0.2) is 15.5 Å². The van der Waals surface area contributed by atoms with Gasteiger partial charge in [0.25, 0.3) is 5.91 Å². The number of carbonyl (C=O) groups is 1. The number of carbonyl (C=O) groups excluding carboxylic acids is 1. The maximum absolute atomic E-state index is 11.2. The first-order valence-corrected chi connectivity index (χ1v) is 5.01. The molecule has 0 aromatic carbocycles. The smallest absolute Gasteiger partial charge is 0.250 e. The van der Waals surface area contributed by atoms with Crippen LogP contribution in [0.3, 0.4) is 0 Å². The molecule has 2 rings (SSSR count). The fourth-order valence-electron chi connectivity index (χ4n) is 1.85. The van der Waals surface area contributed by atoms with Gasteiger partial charge in [0.15, 0.2) is 0 Å². The Labute approximate surface area is 93.7 Å². The molecule has 0 aliphatic carbocycles. The van der Waals surface area contributed by atoms with Crippen molar-refractivity contribution in [2.24, 2.45) is 5.73 Å². The molecule has 0 radical (unpaired) electrons. The minimum absolute atomic E-state index is 0.407. The van der Waals surface area contributed by atoms with Crippen LogP contribution in [0.4, 0.5) is 0 Å². The molecule has 0 atom stereocenters. The van der Waals surface area contributed by atoms with Gasteiger partial charge < -0.3 is 10.3 Å². The van der Waals surface area contributed by atoms with Gasteiger partial charge in [-0.15, -0.1) is 0 Å². The monoisotopic (exact) mass is 215 g/mol. The van der Waals surface area contributed by atoms with Crippen LogP contribution in [0.25, 0.3) is 5.82 Å². The molecular weight excluding hydrogens is 202 g/mol. The summed E-state index contributed by atoms with van der Waals surface area (Å²) < 4.78 is 1.92. The third kappa shape index (κ3) is 1.58. The topological polar surface area (TPSA) is 60.9 Å². The maximum atomic E-state index is 11.2. The molecule has 0 bridgehead atoms. The number of pyridine rings is 1. The lowest BCUT2D eigenvalue weighted by atomic mass is 10.2. The van der Waals surface area contributed by atoms with Crippen molar-refractivity contribution in [3.63, 3.8) is 0 Å². The van der Waals surface area contributed by atoms with E-state index < -0.39 is 5.91 Å². The Bertz CT molecular complexity index is 529. The Morgan fingerprint density at radius 1 is 1.38 bits per heavy atom. The van der Waals surface area contributed by atoms with Crippen LogP contribution < -0.4 is 5.73 Å². The van der Waals surface area contributed by atoms with E-state index in [0.29, 0.717) is 5.56 Å². The van der Waals surface area contributed by atoms with Crippen LogP contribution in [0.2, 0.25) is 0 Å². The quantitative estimate of drug-likeness (QED) is 0.826. The summed E-state index contributed by atoms with van der Waals surface area (Å²) in [4.78, 5) is 15.5. The molecule has 0 unspecified atom stereocenters. The Kier molecular flexibility index (Phi) is 2.48. The minimum atomic E-state index is -0.407. The maximum Gasteiger partial charge on any atom is 0.250 e. The molecule has 4 heteroatoms. The second kappa shape index (κ2) is 3.81. The number of hydrogen-bond donors (Lipinski definition) is 1. The summed E-state index contributed by atoms with van der Waals surface area (Å²) in [6.07, 6.45) is 1.72. The van der Waals surface area contributed by atoms with Crippen molar-refractivity contribution < 1.29 is 4.79 Å². The van der Waals surface area contributed by atoms with Crippen LogP contribution in [0, 0.1) is 13.8 Å².